The van der Waals surface area contributed by atoms with E-state index in [1.54, 1.807) is 12.1 Å². The maximum atomic E-state index is 13.0. The lowest BCUT2D eigenvalue weighted by atomic mass is 9.95. The molecule has 5 nitrogen and oxygen atoms in total. The number of carbonyl (C=O) groups excluding carboxylic acids is 1. The van der Waals surface area contributed by atoms with E-state index in [1.807, 2.05) is 0 Å². The first-order chi connectivity index (χ1) is 12.0. The van der Waals surface area contributed by atoms with Crippen molar-refractivity contribution in [1.82, 2.24) is 10.2 Å². The van der Waals surface area contributed by atoms with Crippen LogP contribution < -0.4 is 15.8 Å². The molecule has 1 aromatic carbocycles. The van der Waals surface area contributed by atoms with E-state index in [0.29, 0.717) is 28.1 Å². The number of benzene rings is 1. The van der Waals surface area contributed by atoms with Gasteiger partial charge in [-0.1, -0.05) is 24.9 Å². The summed E-state index contributed by atoms with van der Waals surface area (Å²) in [6.07, 6.45) is 7.89. The Kier molecular flexibility index (Phi) is 5.44. The SMILES string of the molecule is CCCCN1C2CCCC1(NC(=O)c1cc(Cl)c(N)cc1OC)CC2. The smallest absolute Gasteiger partial charge is 0.256 e. The third kappa shape index (κ3) is 3.44. The van der Waals surface area contributed by atoms with Crippen LogP contribution in [0.2, 0.25) is 5.02 Å². The van der Waals surface area contributed by atoms with Crippen LogP contribution in [-0.2, 0) is 0 Å². The van der Waals surface area contributed by atoms with E-state index < -0.39 is 0 Å². The second-order valence-electron chi connectivity index (χ2n) is 7.19. The highest BCUT2D eigenvalue weighted by Crippen LogP contribution is 2.43. The van der Waals surface area contributed by atoms with Crippen molar-refractivity contribution in [2.75, 3.05) is 19.4 Å². The summed E-state index contributed by atoms with van der Waals surface area (Å²) >= 11 is 6.13. The molecule has 2 fully saturated rings. The van der Waals surface area contributed by atoms with Crippen molar-refractivity contribution in [1.29, 1.82) is 0 Å². The third-order valence-corrected chi connectivity index (χ3v) is 6.00. The van der Waals surface area contributed by atoms with Crippen LogP contribution in [0.3, 0.4) is 0 Å². The molecule has 1 amide bonds. The summed E-state index contributed by atoms with van der Waals surface area (Å²) < 4.78 is 5.35. The van der Waals surface area contributed by atoms with Crippen LogP contribution in [0.4, 0.5) is 5.69 Å². The molecule has 6 heteroatoms. The Hall–Kier alpha value is -1.46. The summed E-state index contributed by atoms with van der Waals surface area (Å²) in [6.45, 7) is 3.25. The molecule has 3 rings (SSSR count). The van der Waals surface area contributed by atoms with Gasteiger partial charge in [0.25, 0.3) is 5.91 Å². The van der Waals surface area contributed by atoms with Gasteiger partial charge in [-0.15, -0.1) is 0 Å². The van der Waals surface area contributed by atoms with Crippen LogP contribution in [0.15, 0.2) is 12.1 Å². The topological polar surface area (TPSA) is 67.6 Å². The van der Waals surface area contributed by atoms with Crippen LogP contribution in [0.5, 0.6) is 5.75 Å². The fraction of sp³-hybridized carbons (Fsp3) is 0.632. The second kappa shape index (κ2) is 7.42. The number of hydrogen-bond acceptors (Lipinski definition) is 4. The predicted octanol–water partition coefficient (Wildman–Crippen LogP) is 3.81. The largest absolute Gasteiger partial charge is 0.496 e. The number of carbonyl (C=O) groups is 1. The summed E-state index contributed by atoms with van der Waals surface area (Å²) in [5.74, 6) is 0.323. The van der Waals surface area contributed by atoms with Gasteiger partial charge in [-0.05, 0) is 44.6 Å². The van der Waals surface area contributed by atoms with Crippen molar-refractivity contribution >= 4 is 23.2 Å². The Morgan fingerprint density at radius 3 is 2.96 bits per heavy atom. The van der Waals surface area contributed by atoms with E-state index in [-0.39, 0.29) is 11.6 Å². The summed E-state index contributed by atoms with van der Waals surface area (Å²) in [6, 6.07) is 3.81. The molecule has 1 aromatic rings. The molecule has 2 heterocycles. The zero-order valence-corrected chi connectivity index (χ0v) is 15.9. The number of piperidine rings is 1. The van der Waals surface area contributed by atoms with E-state index >= 15 is 0 Å². The number of ether oxygens (including phenoxy) is 1. The Bertz CT molecular complexity index is 648. The Morgan fingerprint density at radius 1 is 1.44 bits per heavy atom. The number of anilines is 1. The van der Waals surface area contributed by atoms with Gasteiger partial charge in [0.1, 0.15) is 5.75 Å². The highest BCUT2D eigenvalue weighted by molar-refractivity contribution is 6.33. The normalized spacial score (nSPS) is 25.8. The van der Waals surface area contributed by atoms with Crippen LogP contribution in [0.1, 0.15) is 62.2 Å². The molecule has 0 aromatic heterocycles. The Balaban J connectivity index is 1.85. The molecule has 2 unspecified atom stereocenters. The molecule has 2 atom stereocenters. The van der Waals surface area contributed by atoms with E-state index in [1.165, 1.54) is 13.5 Å². The van der Waals surface area contributed by atoms with Crippen molar-refractivity contribution in [3.63, 3.8) is 0 Å². The molecular formula is C19H28ClN3O2. The van der Waals surface area contributed by atoms with Gasteiger partial charge >= 0.3 is 0 Å². The number of nitrogens with one attached hydrogen (secondary N) is 1. The van der Waals surface area contributed by atoms with E-state index in [0.717, 1.165) is 45.1 Å². The van der Waals surface area contributed by atoms with Gasteiger partial charge in [0.2, 0.25) is 0 Å². The number of halogens is 1. The lowest BCUT2D eigenvalue weighted by molar-refractivity contribution is 0.0237. The Morgan fingerprint density at radius 2 is 2.24 bits per heavy atom. The Labute approximate surface area is 154 Å². The number of amides is 1. The van der Waals surface area contributed by atoms with Crippen molar-refractivity contribution in [2.24, 2.45) is 0 Å². The van der Waals surface area contributed by atoms with Gasteiger partial charge in [0.05, 0.1) is 29.0 Å². The van der Waals surface area contributed by atoms with Gasteiger partial charge in [0, 0.05) is 18.7 Å². The number of fused-ring (bicyclic) bond motifs is 2. The molecule has 2 aliphatic heterocycles. The van der Waals surface area contributed by atoms with Gasteiger partial charge in [-0.25, -0.2) is 0 Å². The molecule has 2 aliphatic rings. The summed E-state index contributed by atoms with van der Waals surface area (Å²) in [5.41, 5.74) is 6.46. The molecule has 3 N–H and O–H groups in total. The highest BCUT2D eigenvalue weighted by Gasteiger charge is 2.49. The summed E-state index contributed by atoms with van der Waals surface area (Å²) in [7, 11) is 1.54. The van der Waals surface area contributed by atoms with Crippen molar-refractivity contribution in [3.8, 4) is 5.75 Å². The van der Waals surface area contributed by atoms with Crippen LogP contribution in [0, 0.1) is 0 Å². The first-order valence-electron chi connectivity index (χ1n) is 9.23. The molecule has 0 aliphatic carbocycles. The predicted molar refractivity (Wildman–Crippen MR) is 101 cm³/mol. The van der Waals surface area contributed by atoms with Gasteiger partial charge in [0.15, 0.2) is 0 Å². The maximum Gasteiger partial charge on any atom is 0.256 e. The molecule has 2 bridgehead atoms. The average Bonchev–Trinajstić information content (AvgIpc) is 2.78. The fourth-order valence-corrected chi connectivity index (χ4v) is 4.53. The number of rotatable bonds is 6. The minimum absolute atomic E-state index is 0.136. The standard InChI is InChI=1S/C19H28ClN3O2/c1-3-4-10-23-13-6-5-8-19(23,9-7-13)22-18(24)14-11-15(20)16(21)12-17(14)25-2/h11-13H,3-10,21H2,1-2H3,(H,22,24). The molecule has 0 saturated carbocycles. The molecule has 0 radical (unpaired) electrons. The monoisotopic (exact) mass is 365 g/mol. The lowest BCUT2D eigenvalue weighted by Crippen LogP contribution is -2.61. The average molecular weight is 366 g/mol. The highest BCUT2D eigenvalue weighted by atomic mass is 35.5. The minimum atomic E-state index is -0.228. The first kappa shape index (κ1) is 18.3. The van der Waals surface area contributed by atoms with Gasteiger partial charge in [-0.3, -0.25) is 9.69 Å². The van der Waals surface area contributed by atoms with E-state index in [9.17, 15) is 4.79 Å². The minimum Gasteiger partial charge on any atom is -0.496 e. The van der Waals surface area contributed by atoms with Crippen molar-refractivity contribution in [2.45, 2.75) is 63.6 Å². The first-order valence-corrected chi connectivity index (χ1v) is 9.61. The van der Waals surface area contributed by atoms with Crippen LogP contribution in [0.25, 0.3) is 0 Å². The second-order valence-corrected chi connectivity index (χ2v) is 7.60. The quantitative estimate of drug-likeness (QED) is 0.752. The molecular weight excluding hydrogens is 338 g/mol. The van der Waals surface area contributed by atoms with Crippen molar-refractivity contribution < 1.29 is 9.53 Å². The lowest BCUT2D eigenvalue weighted by Gasteiger charge is -2.45. The fourth-order valence-electron chi connectivity index (χ4n) is 4.37. The van der Waals surface area contributed by atoms with Crippen molar-refractivity contribution in [3.05, 3.63) is 22.7 Å². The van der Waals surface area contributed by atoms with Crippen LogP contribution >= 0.6 is 11.6 Å². The van der Waals surface area contributed by atoms with Gasteiger partial charge in [-0.2, -0.15) is 0 Å². The number of methoxy groups -OCH3 is 1. The number of nitrogen functional groups attached to an aromatic ring is 1. The van der Waals surface area contributed by atoms with Crippen LogP contribution in [-0.4, -0.2) is 36.2 Å². The zero-order valence-electron chi connectivity index (χ0n) is 15.1. The number of nitrogens with zero attached hydrogens (tertiary/aromatic N) is 1. The maximum absolute atomic E-state index is 13.0. The summed E-state index contributed by atoms with van der Waals surface area (Å²) in [5, 5.41) is 3.70. The molecule has 25 heavy (non-hydrogen) atoms. The third-order valence-electron chi connectivity index (χ3n) is 5.67. The van der Waals surface area contributed by atoms with E-state index in [4.69, 9.17) is 22.1 Å². The number of hydrogen-bond donors (Lipinski definition) is 2. The number of unbranched alkanes of at least 4 members (excludes halogenated alkanes) is 1. The molecule has 2 saturated heterocycles. The zero-order chi connectivity index (χ0) is 18.0. The molecule has 0 spiro atoms. The summed E-state index contributed by atoms with van der Waals surface area (Å²) in [4.78, 5) is 15.6. The number of nitrogens with two attached hydrogens (primary N) is 1. The van der Waals surface area contributed by atoms with E-state index in [2.05, 4.69) is 17.1 Å². The molecule has 138 valence electrons. The van der Waals surface area contributed by atoms with Gasteiger partial charge < -0.3 is 15.8 Å².